The topological polar surface area (TPSA) is 109 Å². The lowest BCUT2D eigenvalue weighted by Crippen LogP contribution is -2.50. The van der Waals surface area contributed by atoms with Gasteiger partial charge in [-0.3, -0.25) is 0 Å². The van der Waals surface area contributed by atoms with Gasteiger partial charge >= 0.3 is 5.97 Å². The summed E-state index contributed by atoms with van der Waals surface area (Å²) in [6.45, 7) is 5.67. The van der Waals surface area contributed by atoms with Gasteiger partial charge in [0, 0.05) is 12.1 Å². The van der Waals surface area contributed by atoms with Crippen LogP contribution in [-0.4, -0.2) is 37.8 Å². The van der Waals surface area contributed by atoms with Gasteiger partial charge in [-0.25, -0.2) is 17.9 Å². The maximum atomic E-state index is 11.2. The summed E-state index contributed by atoms with van der Waals surface area (Å²) in [6.07, 6.45) is 1.10. The lowest BCUT2D eigenvalue weighted by Gasteiger charge is -2.27. The lowest BCUT2D eigenvalue weighted by atomic mass is 10.1. The summed E-state index contributed by atoms with van der Waals surface area (Å²) in [5.41, 5.74) is -0.663. The number of rotatable bonds is 7. The Hall–Kier alpha value is -1.38. The zero-order valence-electron chi connectivity index (χ0n) is 11.9. The van der Waals surface area contributed by atoms with E-state index < -0.39 is 21.5 Å². The molecule has 20 heavy (non-hydrogen) atoms. The Kier molecular flexibility index (Phi) is 4.95. The molecule has 0 aliphatic carbocycles. The summed E-state index contributed by atoms with van der Waals surface area (Å²) >= 11 is 0. The van der Waals surface area contributed by atoms with Crippen LogP contribution in [0, 0.1) is 0 Å². The maximum absolute atomic E-state index is 11.2. The fourth-order valence-corrected chi connectivity index (χ4v) is 2.82. The van der Waals surface area contributed by atoms with Gasteiger partial charge in [0.25, 0.3) is 0 Å². The second kappa shape index (κ2) is 5.94. The molecule has 1 aromatic heterocycles. The predicted molar refractivity (Wildman–Crippen MR) is 74.1 cm³/mol. The van der Waals surface area contributed by atoms with Crippen LogP contribution in [0.5, 0.6) is 0 Å². The summed E-state index contributed by atoms with van der Waals surface area (Å²) in [5.74, 6) is -0.762. The monoisotopic (exact) mass is 304 g/mol. The first-order valence-electron chi connectivity index (χ1n) is 6.05. The molecule has 0 bridgehead atoms. The van der Waals surface area contributed by atoms with Crippen molar-refractivity contribution in [2.45, 2.75) is 32.4 Å². The van der Waals surface area contributed by atoms with Gasteiger partial charge in [0.2, 0.25) is 15.8 Å². The minimum absolute atomic E-state index is 0.123. The van der Waals surface area contributed by atoms with Crippen molar-refractivity contribution >= 4 is 16.0 Å². The Bertz CT molecular complexity index is 576. The van der Waals surface area contributed by atoms with Crippen molar-refractivity contribution in [3.63, 3.8) is 0 Å². The van der Waals surface area contributed by atoms with Crippen LogP contribution >= 0.6 is 0 Å². The van der Waals surface area contributed by atoms with Crippen molar-refractivity contribution in [2.24, 2.45) is 0 Å². The van der Waals surface area contributed by atoms with E-state index in [9.17, 15) is 13.2 Å². The smallest absolute Gasteiger partial charge is 0.371 e. The third-order valence-electron chi connectivity index (χ3n) is 2.58. The van der Waals surface area contributed by atoms with Crippen molar-refractivity contribution in [2.75, 3.05) is 12.8 Å². The summed E-state index contributed by atoms with van der Waals surface area (Å²) in [7, 11) is -3.29. The Balaban J connectivity index is 2.62. The number of aromatic carboxylic acids is 1. The molecule has 0 aliphatic heterocycles. The van der Waals surface area contributed by atoms with E-state index in [1.165, 1.54) is 6.07 Å². The highest BCUT2D eigenvalue weighted by atomic mass is 32.2. The third kappa shape index (κ3) is 5.32. The first-order chi connectivity index (χ1) is 9.00. The van der Waals surface area contributed by atoms with Gasteiger partial charge in [0.05, 0.1) is 12.3 Å². The molecular formula is C12H20N2O5S. The Morgan fingerprint density at radius 1 is 1.45 bits per heavy atom. The van der Waals surface area contributed by atoms with Gasteiger partial charge in [0.1, 0.15) is 5.76 Å². The second-order valence-electron chi connectivity index (χ2n) is 5.37. The van der Waals surface area contributed by atoms with E-state index in [0.717, 1.165) is 6.26 Å². The zero-order chi connectivity index (χ0) is 15.6. The van der Waals surface area contributed by atoms with Crippen LogP contribution in [0.1, 0.15) is 43.1 Å². The van der Waals surface area contributed by atoms with E-state index in [4.69, 9.17) is 9.52 Å². The van der Waals surface area contributed by atoms with Crippen LogP contribution in [0.15, 0.2) is 16.5 Å². The average Bonchev–Trinajstić information content (AvgIpc) is 2.71. The Labute approximate surface area is 118 Å². The lowest BCUT2D eigenvalue weighted by molar-refractivity contribution is 0.0659. The number of carboxylic acids is 1. The molecule has 0 amide bonds. The number of hydrogen-bond acceptors (Lipinski definition) is 5. The van der Waals surface area contributed by atoms with E-state index in [1.54, 1.807) is 26.8 Å². The highest BCUT2D eigenvalue weighted by Crippen LogP contribution is 2.17. The SMILES string of the molecule is CC(NCC(C)(C)NS(C)(=O)=O)c1ccc(C(=O)O)o1. The molecule has 1 aromatic rings. The van der Waals surface area contributed by atoms with Crippen LogP contribution < -0.4 is 10.0 Å². The molecule has 0 saturated carbocycles. The van der Waals surface area contributed by atoms with Crippen LogP contribution in [0.3, 0.4) is 0 Å². The van der Waals surface area contributed by atoms with Crippen molar-refractivity contribution in [1.29, 1.82) is 0 Å². The van der Waals surface area contributed by atoms with Gasteiger partial charge in [-0.1, -0.05) is 0 Å². The van der Waals surface area contributed by atoms with Gasteiger partial charge in [0.15, 0.2) is 0 Å². The minimum Gasteiger partial charge on any atom is -0.475 e. The minimum atomic E-state index is -3.29. The van der Waals surface area contributed by atoms with E-state index in [2.05, 4.69) is 10.0 Å². The van der Waals surface area contributed by atoms with Gasteiger partial charge in [-0.15, -0.1) is 0 Å². The molecule has 0 fully saturated rings. The quantitative estimate of drug-likeness (QED) is 0.692. The average molecular weight is 304 g/mol. The Morgan fingerprint density at radius 2 is 2.05 bits per heavy atom. The molecule has 8 heteroatoms. The van der Waals surface area contributed by atoms with Crippen molar-refractivity contribution < 1.29 is 22.7 Å². The summed E-state index contributed by atoms with van der Waals surface area (Å²) in [5, 5.41) is 11.9. The largest absolute Gasteiger partial charge is 0.475 e. The molecule has 1 rings (SSSR count). The fraction of sp³-hybridized carbons (Fsp3) is 0.583. The standard InChI is InChI=1S/C12H20N2O5S/c1-8(9-5-6-10(19-9)11(15)16)13-7-12(2,3)14-20(4,17)18/h5-6,8,13-14H,7H2,1-4H3,(H,15,16). The molecule has 7 nitrogen and oxygen atoms in total. The summed E-state index contributed by atoms with van der Waals surface area (Å²) in [6, 6.07) is 2.73. The number of carbonyl (C=O) groups is 1. The zero-order valence-corrected chi connectivity index (χ0v) is 12.7. The van der Waals surface area contributed by atoms with E-state index in [0.29, 0.717) is 12.3 Å². The molecule has 1 unspecified atom stereocenters. The van der Waals surface area contributed by atoms with Crippen molar-refractivity contribution in [3.05, 3.63) is 23.7 Å². The molecule has 0 aromatic carbocycles. The van der Waals surface area contributed by atoms with Crippen LogP contribution in [0.2, 0.25) is 0 Å². The number of nitrogens with one attached hydrogen (secondary N) is 2. The second-order valence-corrected chi connectivity index (χ2v) is 7.12. The number of hydrogen-bond donors (Lipinski definition) is 3. The third-order valence-corrected chi connectivity index (χ3v) is 3.50. The molecule has 1 heterocycles. The molecule has 1 atom stereocenters. The van der Waals surface area contributed by atoms with Gasteiger partial charge < -0.3 is 14.8 Å². The van der Waals surface area contributed by atoms with E-state index in [1.807, 2.05) is 0 Å². The maximum Gasteiger partial charge on any atom is 0.371 e. The summed E-state index contributed by atoms with van der Waals surface area (Å²) < 4.78 is 30.1. The molecule has 0 aliphatic rings. The van der Waals surface area contributed by atoms with Crippen LogP contribution in [0.25, 0.3) is 0 Å². The number of furan rings is 1. The van der Waals surface area contributed by atoms with Crippen molar-refractivity contribution in [3.8, 4) is 0 Å². The van der Waals surface area contributed by atoms with Crippen molar-refractivity contribution in [1.82, 2.24) is 10.0 Å². The first kappa shape index (κ1) is 16.7. The molecule has 0 saturated heterocycles. The Morgan fingerprint density at radius 3 is 2.50 bits per heavy atom. The molecule has 3 N–H and O–H groups in total. The number of carboxylic acid groups (broad SMARTS) is 1. The fourth-order valence-electron chi connectivity index (χ4n) is 1.75. The first-order valence-corrected chi connectivity index (χ1v) is 7.95. The van der Waals surface area contributed by atoms with E-state index >= 15 is 0 Å². The van der Waals surface area contributed by atoms with Crippen LogP contribution in [0.4, 0.5) is 0 Å². The predicted octanol–water partition coefficient (Wildman–Crippen LogP) is 0.956. The molecule has 0 spiro atoms. The van der Waals surface area contributed by atoms with Gasteiger partial charge in [-0.2, -0.15) is 0 Å². The highest BCUT2D eigenvalue weighted by molar-refractivity contribution is 7.88. The van der Waals surface area contributed by atoms with Crippen LogP contribution in [-0.2, 0) is 10.0 Å². The molecular weight excluding hydrogens is 284 g/mol. The molecule has 114 valence electrons. The highest BCUT2D eigenvalue weighted by Gasteiger charge is 2.23. The molecule has 0 radical (unpaired) electrons. The number of sulfonamides is 1. The van der Waals surface area contributed by atoms with Gasteiger partial charge in [-0.05, 0) is 32.9 Å². The summed E-state index contributed by atoms with van der Waals surface area (Å²) in [4.78, 5) is 10.7. The van der Waals surface area contributed by atoms with E-state index in [-0.39, 0.29) is 11.8 Å². The normalized spacial score (nSPS) is 14.2.